The van der Waals surface area contributed by atoms with E-state index in [1.807, 2.05) is 18.2 Å². The molecule has 8 aromatic rings. The first-order valence-corrected chi connectivity index (χ1v) is 11.8. The Bertz CT molecular complexity index is 2050. The Morgan fingerprint density at radius 2 is 1.26 bits per heavy atom. The van der Waals surface area contributed by atoms with Crippen molar-refractivity contribution in [2.75, 3.05) is 0 Å². The van der Waals surface area contributed by atoms with Crippen molar-refractivity contribution in [1.29, 1.82) is 0 Å². The van der Waals surface area contributed by atoms with Gasteiger partial charge in [-0.25, -0.2) is 0 Å². The number of furan rings is 2. The van der Waals surface area contributed by atoms with Crippen molar-refractivity contribution >= 4 is 54.9 Å². The average Bonchev–Trinajstić information content (AvgIpc) is 3.57. The van der Waals surface area contributed by atoms with E-state index in [1.165, 1.54) is 0 Å². The first-order chi connectivity index (χ1) is 17.4. The zero-order valence-corrected chi connectivity index (χ0v) is 18.7. The lowest BCUT2D eigenvalue weighted by molar-refractivity contribution is 0.669. The van der Waals surface area contributed by atoms with Crippen LogP contribution in [0.3, 0.4) is 0 Å². The standard InChI is InChI=1S/C32H19NO2/c1-2-9-21(10-3-1)33-26-14-6-4-12-25(26)32-31(33)30-22(13-8-16-28(30)35-32)20-17-18-24-23-11-5-7-15-27(23)34-29(24)19-20/h1-19H. The van der Waals surface area contributed by atoms with Crippen LogP contribution in [0.1, 0.15) is 0 Å². The molecule has 0 amide bonds. The monoisotopic (exact) mass is 449 g/mol. The summed E-state index contributed by atoms with van der Waals surface area (Å²) in [5.41, 5.74) is 9.17. The van der Waals surface area contributed by atoms with E-state index in [0.717, 1.165) is 71.7 Å². The summed E-state index contributed by atoms with van der Waals surface area (Å²) >= 11 is 0. The highest BCUT2D eigenvalue weighted by Gasteiger charge is 2.21. The van der Waals surface area contributed by atoms with E-state index in [2.05, 4.69) is 102 Å². The highest BCUT2D eigenvalue weighted by Crippen LogP contribution is 2.43. The molecule has 3 heterocycles. The predicted molar refractivity (Wildman–Crippen MR) is 143 cm³/mol. The third kappa shape index (κ3) is 2.55. The van der Waals surface area contributed by atoms with Gasteiger partial charge in [-0.2, -0.15) is 0 Å². The lowest BCUT2D eigenvalue weighted by Gasteiger charge is -2.09. The maximum atomic E-state index is 6.52. The van der Waals surface area contributed by atoms with Gasteiger partial charge in [0.1, 0.15) is 22.3 Å². The Kier molecular flexibility index (Phi) is 3.66. The summed E-state index contributed by atoms with van der Waals surface area (Å²) in [5, 5.41) is 4.49. The smallest absolute Gasteiger partial charge is 0.161 e. The van der Waals surface area contributed by atoms with Crippen LogP contribution in [0.2, 0.25) is 0 Å². The van der Waals surface area contributed by atoms with Crippen LogP contribution in [-0.4, -0.2) is 4.57 Å². The summed E-state index contributed by atoms with van der Waals surface area (Å²) < 4.78 is 15.0. The molecule has 0 spiro atoms. The van der Waals surface area contributed by atoms with Gasteiger partial charge < -0.3 is 13.4 Å². The number of rotatable bonds is 2. The van der Waals surface area contributed by atoms with Crippen LogP contribution in [-0.2, 0) is 0 Å². The number of aromatic nitrogens is 1. The van der Waals surface area contributed by atoms with E-state index in [4.69, 9.17) is 8.83 Å². The maximum absolute atomic E-state index is 6.52. The van der Waals surface area contributed by atoms with Gasteiger partial charge in [0.05, 0.1) is 10.9 Å². The largest absolute Gasteiger partial charge is 0.456 e. The van der Waals surface area contributed by atoms with Gasteiger partial charge >= 0.3 is 0 Å². The normalized spacial score (nSPS) is 12.0. The Labute approximate surface area is 200 Å². The SMILES string of the molecule is c1ccc(-n2c3ccccc3c3oc4cccc(-c5ccc6c(c5)oc5ccccc56)c4c32)cc1. The van der Waals surface area contributed by atoms with Crippen LogP contribution in [0, 0.1) is 0 Å². The van der Waals surface area contributed by atoms with E-state index < -0.39 is 0 Å². The third-order valence-corrected chi connectivity index (χ3v) is 7.01. The van der Waals surface area contributed by atoms with Gasteiger partial charge in [0.25, 0.3) is 0 Å². The van der Waals surface area contributed by atoms with Crippen LogP contribution in [0.4, 0.5) is 0 Å². The molecular weight excluding hydrogens is 430 g/mol. The second kappa shape index (κ2) is 6.87. The van der Waals surface area contributed by atoms with E-state index in [-0.39, 0.29) is 0 Å². The molecule has 3 heteroatoms. The molecule has 8 rings (SSSR count). The molecule has 0 saturated heterocycles. The minimum atomic E-state index is 0.882. The molecule has 35 heavy (non-hydrogen) atoms. The molecule has 0 aliphatic rings. The summed E-state index contributed by atoms with van der Waals surface area (Å²) in [6.45, 7) is 0. The summed E-state index contributed by atoms with van der Waals surface area (Å²) in [4.78, 5) is 0. The summed E-state index contributed by atoms with van der Waals surface area (Å²) in [5.74, 6) is 0. The van der Waals surface area contributed by atoms with Crippen LogP contribution < -0.4 is 0 Å². The topological polar surface area (TPSA) is 31.2 Å². The quantitative estimate of drug-likeness (QED) is 0.263. The van der Waals surface area contributed by atoms with Crippen molar-refractivity contribution in [3.8, 4) is 16.8 Å². The molecule has 0 fully saturated rings. The number of fused-ring (bicyclic) bond motifs is 8. The highest BCUT2D eigenvalue weighted by atomic mass is 16.3. The Balaban J connectivity index is 1.50. The molecule has 3 aromatic heterocycles. The van der Waals surface area contributed by atoms with Crippen LogP contribution >= 0.6 is 0 Å². The van der Waals surface area contributed by atoms with Crippen molar-refractivity contribution < 1.29 is 8.83 Å². The van der Waals surface area contributed by atoms with Crippen LogP contribution in [0.5, 0.6) is 0 Å². The fourth-order valence-electron chi connectivity index (χ4n) is 5.49. The Morgan fingerprint density at radius 1 is 0.514 bits per heavy atom. The van der Waals surface area contributed by atoms with Crippen LogP contribution in [0.15, 0.2) is 124 Å². The number of benzene rings is 5. The Morgan fingerprint density at radius 3 is 2.17 bits per heavy atom. The van der Waals surface area contributed by atoms with Crippen molar-refractivity contribution in [1.82, 2.24) is 4.57 Å². The van der Waals surface area contributed by atoms with E-state index in [1.54, 1.807) is 0 Å². The predicted octanol–water partition coefficient (Wildman–Crippen LogP) is 9.10. The molecular formula is C32H19NO2. The van der Waals surface area contributed by atoms with Gasteiger partial charge in [-0.3, -0.25) is 0 Å². The first-order valence-electron chi connectivity index (χ1n) is 11.8. The molecule has 3 nitrogen and oxygen atoms in total. The van der Waals surface area contributed by atoms with E-state index in [0.29, 0.717) is 0 Å². The zero-order valence-electron chi connectivity index (χ0n) is 18.7. The van der Waals surface area contributed by atoms with E-state index >= 15 is 0 Å². The number of hydrogen-bond donors (Lipinski definition) is 0. The zero-order chi connectivity index (χ0) is 22.9. The van der Waals surface area contributed by atoms with Crippen molar-refractivity contribution in [3.05, 3.63) is 115 Å². The number of para-hydroxylation sites is 3. The van der Waals surface area contributed by atoms with Crippen LogP contribution in [0.25, 0.3) is 71.7 Å². The summed E-state index contributed by atoms with van der Waals surface area (Å²) in [6, 6.07) is 39.9. The average molecular weight is 450 g/mol. The fourth-order valence-corrected chi connectivity index (χ4v) is 5.49. The van der Waals surface area contributed by atoms with Gasteiger partial charge in [0, 0.05) is 21.8 Å². The van der Waals surface area contributed by atoms with Crippen molar-refractivity contribution in [3.63, 3.8) is 0 Å². The number of hydrogen-bond acceptors (Lipinski definition) is 2. The minimum Gasteiger partial charge on any atom is -0.456 e. The van der Waals surface area contributed by atoms with Crippen molar-refractivity contribution in [2.24, 2.45) is 0 Å². The van der Waals surface area contributed by atoms with Gasteiger partial charge in [-0.15, -0.1) is 0 Å². The Hall–Kier alpha value is -4.76. The molecule has 0 aliphatic heterocycles. The fraction of sp³-hybridized carbons (Fsp3) is 0. The molecule has 0 radical (unpaired) electrons. The molecule has 0 unspecified atom stereocenters. The third-order valence-electron chi connectivity index (χ3n) is 7.01. The second-order valence-electron chi connectivity index (χ2n) is 8.96. The van der Waals surface area contributed by atoms with Crippen molar-refractivity contribution in [2.45, 2.75) is 0 Å². The maximum Gasteiger partial charge on any atom is 0.161 e. The van der Waals surface area contributed by atoms with Gasteiger partial charge in [-0.1, -0.05) is 66.7 Å². The molecule has 0 N–H and O–H groups in total. The molecule has 0 bridgehead atoms. The molecule has 5 aromatic carbocycles. The van der Waals surface area contributed by atoms with E-state index in [9.17, 15) is 0 Å². The van der Waals surface area contributed by atoms with Gasteiger partial charge in [0.15, 0.2) is 5.58 Å². The van der Waals surface area contributed by atoms with Gasteiger partial charge in [-0.05, 0) is 59.7 Å². The highest BCUT2D eigenvalue weighted by molar-refractivity contribution is 6.20. The minimum absolute atomic E-state index is 0.882. The molecule has 0 aliphatic carbocycles. The molecule has 164 valence electrons. The number of nitrogens with zero attached hydrogens (tertiary/aromatic N) is 1. The summed E-state index contributed by atoms with van der Waals surface area (Å²) in [7, 11) is 0. The van der Waals surface area contributed by atoms with Gasteiger partial charge in [0.2, 0.25) is 0 Å². The lowest BCUT2D eigenvalue weighted by Crippen LogP contribution is -1.93. The molecule has 0 saturated carbocycles. The lowest BCUT2D eigenvalue weighted by atomic mass is 9.99. The summed E-state index contributed by atoms with van der Waals surface area (Å²) in [6.07, 6.45) is 0. The molecule has 0 atom stereocenters. The first kappa shape index (κ1) is 18.6. The second-order valence-corrected chi connectivity index (χ2v) is 8.96.